The minimum absolute atomic E-state index is 0.874. The molecule has 0 bridgehead atoms. The van der Waals surface area contributed by atoms with Gasteiger partial charge in [0.1, 0.15) is 0 Å². The van der Waals surface area contributed by atoms with Gasteiger partial charge in [0.2, 0.25) is 0 Å². The maximum atomic E-state index is 2.41. The molecule has 1 heteroatoms. The van der Waals surface area contributed by atoms with Crippen molar-refractivity contribution in [2.75, 3.05) is 0 Å². The number of hydrogen-bond donors (Lipinski definition) is 0. The zero-order valence-corrected chi connectivity index (χ0v) is 8.44. The van der Waals surface area contributed by atoms with Crippen molar-refractivity contribution in [2.24, 2.45) is 5.92 Å². The smallest absolute Gasteiger partial charge is 0.00788 e. The van der Waals surface area contributed by atoms with Crippen molar-refractivity contribution >= 4 is 11.3 Å². The van der Waals surface area contributed by atoms with Crippen LogP contribution in [0.25, 0.3) is 0 Å². The van der Waals surface area contributed by atoms with Gasteiger partial charge in [0.25, 0.3) is 0 Å². The molecule has 2 unspecified atom stereocenters. The topological polar surface area (TPSA) is 0 Å². The number of hydrogen-bond acceptors (Lipinski definition) is 1. The fourth-order valence-electron chi connectivity index (χ4n) is 2.24. The summed E-state index contributed by atoms with van der Waals surface area (Å²) in [6.07, 6.45) is 5.74. The minimum Gasteiger partial charge on any atom is -0.149 e. The summed E-state index contributed by atoms with van der Waals surface area (Å²) in [6.45, 7) is 2.41. The lowest BCUT2D eigenvalue weighted by atomic mass is 9.80. The Labute approximate surface area is 78.6 Å². The monoisotopic (exact) mass is 180 g/mol. The van der Waals surface area contributed by atoms with Crippen LogP contribution in [0.3, 0.4) is 0 Å². The molecule has 1 aromatic rings. The molecule has 12 heavy (non-hydrogen) atoms. The normalized spacial score (nSPS) is 30.4. The molecule has 0 radical (unpaired) electrons. The molecule has 66 valence electrons. The van der Waals surface area contributed by atoms with Crippen LogP contribution in [0.5, 0.6) is 0 Å². The van der Waals surface area contributed by atoms with Crippen LogP contribution in [-0.4, -0.2) is 0 Å². The zero-order chi connectivity index (χ0) is 8.39. The van der Waals surface area contributed by atoms with Gasteiger partial charge in [-0.05, 0) is 29.7 Å². The highest BCUT2D eigenvalue weighted by Gasteiger charge is 2.22. The fraction of sp³-hybridized carbons (Fsp3) is 0.636. The lowest BCUT2D eigenvalue weighted by molar-refractivity contribution is 0.334. The Kier molecular flexibility index (Phi) is 2.50. The molecule has 2 rings (SSSR count). The minimum atomic E-state index is 0.874. The quantitative estimate of drug-likeness (QED) is 0.612. The van der Waals surface area contributed by atoms with Gasteiger partial charge in [0.05, 0.1) is 0 Å². The second-order valence-corrected chi connectivity index (χ2v) is 4.86. The molecule has 0 nitrogen and oxygen atoms in total. The third kappa shape index (κ3) is 1.56. The Hall–Kier alpha value is -0.300. The summed E-state index contributed by atoms with van der Waals surface area (Å²) in [5, 5.41) is 2.21. The van der Waals surface area contributed by atoms with Gasteiger partial charge >= 0.3 is 0 Å². The molecule has 0 amide bonds. The lowest BCUT2D eigenvalue weighted by Crippen LogP contribution is -2.13. The summed E-state index contributed by atoms with van der Waals surface area (Å²) in [6, 6.07) is 4.48. The van der Waals surface area contributed by atoms with Crippen molar-refractivity contribution in [2.45, 2.75) is 38.5 Å². The molecule has 0 spiro atoms. The van der Waals surface area contributed by atoms with E-state index in [1.807, 2.05) is 11.3 Å². The molecule has 2 atom stereocenters. The largest absolute Gasteiger partial charge is 0.149 e. The highest BCUT2D eigenvalue weighted by atomic mass is 32.1. The van der Waals surface area contributed by atoms with Crippen LogP contribution in [0.2, 0.25) is 0 Å². The average Bonchev–Trinajstić information content (AvgIpc) is 2.57. The molecule has 0 aliphatic heterocycles. The third-order valence-corrected chi connectivity index (χ3v) is 4.02. The molecule has 0 N–H and O–H groups in total. The van der Waals surface area contributed by atoms with Crippen LogP contribution in [-0.2, 0) is 0 Å². The first-order valence-electron chi connectivity index (χ1n) is 4.91. The first-order valence-corrected chi connectivity index (χ1v) is 5.79. The van der Waals surface area contributed by atoms with Crippen LogP contribution >= 0.6 is 11.3 Å². The maximum Gasteiger partial charge on any atom is 0.00788 e. The molecule has 0 saturated heterocycles. The van der Waals surface area contributed by atoms with Crippen molar-refractivity contribution < 1.29 is 0 Å². The SMILES string of the molecule is CC1CCCCC1c1cccs1. The van der Waals surface area contributed by atoms with Crippen LogP contribution in [0.1, 0.15) is 43.4 Å². The summed E-state index contributed by atoms with van der Waals surface area (Å²) in [5.41, 5.74) is 0. The van der Waals surface area contributed by atoms with Crippen molar-refractivity contribution in [3.63, 3.8) is 0 Å². The Morgan fingerprint density at radius 3 is 2.83 bits per heavy atom. The Balaban J connectivity index is 2.11. The lowest BCUT2D eigenvalue weighted by Gasteiger charge is -2.27. The van der Waals surface area contributed by atoms with Gasteiger partial charge in [0, 0.05) is 4.88 Å². The van der Waals surface area contributed by atoms with Gasteiger partial charge in [0.15, 0.2) is 0 Å². The highest BCUT2D eigenvalue weighted by molar-refractivity contribution is 7.10. The summed E-state index contributed by atoms with van der Waals surface area (Å²) in [5.74, 6) is 1.79. The van der Waals surface area contributed by atoms with E-state index >= 15 is 0 Å². The van der Waals surface area contributed by atoms with Crippen LogP contribution < -0.4 is 0 Å². The number of rotatable bonds is 1. The Bertz CT molecular complexity index is 225. The molecule has 1 aliphatic carbocycles. The molecule has 1 fully saturated rings. The molecular formula is C11H16S. The molecule has 1 heterocycles. The van der Waals surface area contributed by atoms with E-state index < -0.39 is 0 Å². The van der Waals surface area contributed by atoms with Gasteiger partial charge in [-0.2, -0.15) is 0 Å². The van der Waals surface area contributed by atoms with Crippen molar-refractivity contribution in [1.82, 2.24) is 0 Å². The van der Waals surface area contributed by atoms with E-state index in [1.165, 1.54) is 25.7 Å². The van der Waals surface area contributed by atoms with E-state index in [-0.39, 0.29) is 0 Å². The van der Waals surface area contributed by atoms with Gasteiger partial charge in [-0.25, -0.2) is 0 Å². The van der Waals surface area contributed by atoms with Crippen LogP contribution in [0, 0.1) is 5.92 Å². The van der Waals surface area contributed by atoms with Gasteiger partial charge in [-0.3, -0.25) is 0 Å². The van der Waals surface area contributed by atoms with E-state index in [0.29, 0.717) is 0 Å². The fourth-order valence-corrected chi connectivity index (χ4v) is 3.24. The summed E-state index contributed by atoms with van der Waals surface area (Å²) in [7, 11) is 0. The molecule has 1 saturated carbocycles. The van der Waals surface area contributed by atoms with Crippen LogP contribution in [0.15, 0.2) is 17.5 Å². The van der Waals surface area contributed by atoms with Crippen molar-refractivity contribution in [3.05, 3.63) is 22.4 Å². The van der Waals surface area contributed by atoms with Gasteiger partial charge in [-0.15, -0.1) is 11.3 Å². The average molecular weight is 180 g/mol. The first kappa shape index (κ1) is 8.31. The maximum absolute atomic E-state index is 2.41. The first-order chi connectivity index (χ1) is 5.88. The van der Waals surface area contributed by atoms with Crippen LogP contribution in [0.4, 0.5) is 0 Å². The molecule has 0 aromatic carbocycles. The highest BCUT2D eigenvalue weighted by Crippen LogP contribution is 2.39. The van der Waals surface area contributed by atoms with E-state index in [9.17, 15) is 0 Å². The van der Waals surface area contributed by atoms with Gasteiger partial charge < -0.3 is 0 Å². The number of thiophene rings is 1. The predicted octanol–water partition coefficient (Wildman–Crippen LogP) is 4.04. The third-order valence-electron chi connectivity index (χ3n) is 3.02. The van der Waals surface area contributed by atoms with Gasteiger partial charge in [-0.1, -0.05) is 32.3 Å². The summed E-state index contributed by atoms with van der Waals surface area (Å²) >= 11 is 1.93. The van der Waals surface area contributed by atoms with E-state index in [0.717, 1.165) is 11.8 Å². The summed E-state index contributed by atoms with van der Waals surface area (Å²) in [4.78, 5) is 1.61. The Morgan fingerprint density at radius 2 is 2.17 bits per heavy atom. The van der Waals surface area contributed by atoms with Crippen molar-refractivity contribution in [3.8, 4) is 0 Å². The van der Waals surface area contributed by atoms with E-state index in [1.54, 1.807) is 4.88 Å². The zero-order valence-electron chi connectivity index (χ0n) is 7.62. The molecule has 1 aliphatic rings. The summed E-state index contributed by atoms with van der Waals surface area (Å²) < 4.78 is 0. The standard InChI is InChI=1S/C11H16S/c1-9-5-2-3-6-10(9)11-7-4-8-12-11/h4,7-10H,2-3,5-6H2,1H3. The second kappa shape index (κ2) is 3.61. The van der Waals surface area contributed by atoms with E-state index in [4.69, 9.17) is 0 Å². The van der Waals surface area contributed by atoms with Crippen molar-refractivity contribution in [1.29, 1.82) is 0 Å². The predicted molar refractivity (Wildman–Crippen MR) is 54.7 cm³/mol. The second-order valence-electron chi connectivity index (χ2n) is 3.88. The Morgan fingerprint density at radius 1 is 1.33 bits per heavy atom. The molecular weight excluding hydrogens is 164 g/mol. The molecule has 1 aromatic heterocycles. The van der Waals surface area contributed by atoms with E-state index in [2.05, 4.69) is 24.4 Å².